The molecule has 1 heterocycles. The van der Waals surface area contributed by atoms with Crippen molar-refractivity contribution < 1.29 is 30.7 Å². The fraction of sp³-hybridized carbons (Fsp3) is 0.111. The van der Waals surface area contributed by atoms with Gasteiger partial charge in [0.05, 0.1) is 22.4 Å². The number of aromatic nitrogens is 2. The van der Waals surface area contributed by atoms with Gasteiger partial charge in [0.2, 0.25) is 0 Å². The minimum Gasteiger partial charge on any atom is -0.383 e. The van der Waals surface area contributed by atoms with E-state index in [0.29, 0.717) is 16.8 Å². The molecule has 30 heavy (non-hydrogen) atoms. The maximum atomic E-state index is 13.6. The van der Waals surface area contributed by atoms with E-state index in [4.69, 9.17) is 22.6 Å². The van der Waals surface area contributed by atoms with Crippen molar-refractivity contribution in [3.63, 3.8) is 0 Å². The molecule has 0 atom stereocenters. The van der Waals surface area contributed by atoms with Gasteiger partial charge in [0.25, 0.3) is 0 Å². The number of rotatable bonds is 2. The van der Waals surface area contributed by atoms with Crippen LogP contribution in [-0.2, 0) is 12.4 Å². The number of benzene rings is 2. The second-order valence-electron chi connectivity index (χ2n) is 6.02. The van der Waals surface area contributed by atoms with Crippen molar-refractivity contribution in [3.05, 3.63) is 64.1 Å². The lowest BCUT2D eigenvalue weighted by atomic mass is 10.0. The number of nitrogens with two attached hydrogens (primary N) is 1. The van der Waals surface area contributed by atoms with Gasteiger partial charge in [0, 0.05) is 5.02 Å². The van der Waals surface area contributed by atoms with Crippen LogP contribution < -0.4 is 5.73 Å². The number of nitrogens with zero attached hydrogens (tertiary/aromatic N) is 3. The van der Waals surface area contributed by atoms with Gasteiger partial charge in [-0.15, -0.1) is 0 Å². The molecule has 1 aromatic heterocycles. The van der Waals surface area contributed by atoms with Gasteiger partial charge >= 0.3 is 12.4 Å². The zero-order valence-electron chi connectivity index (χ0n) is 14.4. The number of halogens is 8. The average molecular weight is 449 g/mol. The molecule has 0 saturated carbocycles. The first-order chi connectivity index (χ1) is 13.8. The first-order valence-electron chi connectivity index (χ1n) is 7.87. The highest BCUT2D eigenvalue weighted by molar-refractivity contribution is 6.31. The number of alkyl halides is 6. The molecule has 0 amide bonds. The maximum absolute atomic E-state index is 13.6. The van der Waals surface area contributed by atoms with E-state index < -0.39 is 57.0 Å². The lowest BCUT2D eigenvalue weighted by Crippen LogP contribution is -2.09. The van der Waals surface area contributed by atoms with E-state index >= 15 is 0 Å². The third-order valence-electron chi connectivity index (χ3n) is 4.02. The van der Waals surface area contributed by atoms with Gasteiger partial charge < -0.3 is 5.73 Å². The Morgan fingerprint density at radius 3 is 2.23 bits per heavy atom. The molecule has 0 saturated heterocycles. The molecule has 0 spiro atoms. The number of hydrogen-bond acceptors (Lipinski definition) is 3. The summed E-state index contributed by atoms with van der Waals surface area (Å²) in [5.74, 6) is -1.60. The van der Waals surface area contributed by atoms with E-state index in [0.717, 1.165) is 24.3 Å². The Morgan fingerprint density at radius 1 is 1.00 bits per heavy atom. The molecule has 3 rings (SSSR count). The van der Waals surface area contributed by atoms with Gasteiger partial charge in [-0.05, 0) is 42.0 Å². The molecule has 2 N–H and O–H groups in total. The van der Waals surface area contributed by atoms with Gasteiger partial charge in [-0.3, -0.25) is 0 Å². The summed E-state index contributed by atoms with van der Waals surface area (Å²) in [6.07, 6.45) is -9.96. The molecule has 0 unspecified atom stereocenters. The summed E-state index contributed by atoms with van der Waals surface area (Å²) in [7, 11) is 0. The van der Waals surface area contributed by atoms with Crippen molar-refractivity contribution >= 4 is 17.4 Å². The minimum atomic E-state index is -5.09. The quantitative estimate of drug-likeness (QED) is 0.502. The second kappa shape index (κ2) is 7.21. The van der Waals surface area contributed by atoms with E-state index in [1.54, 1.807) is 0 Å². The largest absolute Gasteiger partial charge is 0.435 e. The maximum Gasteiger partial charge on any atom is 0.435 e. The lowest BCUT2D eigenvalue weighted by molar-refractivity contribution is -0.140. The van der Waals surface area contributed by atoms with E-state index in [2.05, 4.69) is 5.10 Å². The molecule has 12 heteroatoms. The Bertz CT molecular complexity index is 1170. The zero-order valence-corrected chi connectivity index (χ0v) is 15.2. The number of hydrogen-bond donors (Lipinski definition) is 1. The Kier molecular flexibility index (Phi) is 5.16. The summed E-state index contributed by atoms with van der Waals surface area (Å²) >= 11 is 5.68. The molecule has 0 radical (unpaired) electrons. The fourth-order valence-electron chi connectivity index (χ4n) is 2.74. The Morgan fingerprint density at radius 2 is 1.67 bits per heavy atom. The van der Waals surface area contributed by atoms with Crippen molar-refractivity contribution in [2.24, 2.45) is 0 Å². The molecule has 0 bridgehead atoms. The molecular formula is C18H8ClF7N4. The molecule has 0 aliphatic carbocycles. The summed E-state index contributed by atoms with van der Waals surface area (Å²) in [6.45, 7) is 0. The van der Waals surface area contributed by atoms with Crippen LogP contribution in [0.1, 0.15) is 16.8 Å². The van der Waals surface area contributed by atoms with Crippen molar-refractivity contribution in [1.29, 1.82) is 5.26 Å². The predicted molar refractivity (Wildman–Crippen MR) is 93.1 cm³/mol. The minimum absolute atomic E-state index is 0.194. The molecule has 0 aliphatic rings. The summed E-state index contributed by atoms with van der Waals surface area (Å²) in [5.41, 5.74) is 0.876. The molecule has 0 fully saturated rings. The highest BCUT2D eigenvalue weighted by atomic mass is 35.5. The molecule has 3 aromatic rings. The van der Waals surface area contributed by atoms with Gasteiger partial charge in [-0.1, -0.05) is 11.6 Å². The summed E-state index contributed by atoms with van der Waals surface area (Å²) < 4.78 is 94.1. The number of anilines is 1. The summed E-state index contributed by atoms with van der Waals surface area (Å²) in [6, 6.07) is 6.16. The molecule has 2 aromatic carbocycles. The Balaban J connectivity index is 2.32. The third-order valence-corrected chi connectivity index (χ3v) is 4.24. The van der Waals surface area contributed by atoms with Crippen LogP contribution >= 0.6 is 11.6 Å². The van der Waals surface area contributed by atoms with Crippen molar-refractivity contribution in [1.82, 2.24) is 9.78 Å². The smallest absolute Gasteiger partial charge is 0.383 e. The normalized spacial score (nSPS) is 12.1. The van der Waals surface area contributed by atoms with Crippen LogP contribution in [0.5, 0.6) is 0 Å². The SMILES string of the molecule is N#Cc1cc(-n2nc(C(F)(F)F)c(-c3cc(Cl)cc(C(F)(F)F)c3)c2N)ccc1F. The average Bonchev–Trinajstić information content (AvgIpc) is 2.98. The third kappa shape index (κ3) is 3.91. The second-order valence-corrected chi connectivity index (χ2v) is 6.46. The first-order valence-corrected chi connectivity index (χ1v) is 8.24. The van der Waals surface area contributed by atoms with Crippen LogP contribution in [0.15, 0.2) is 36.4 Å². The topological polar surface area (TPSA) is 67.6 Å². The molecular weight excluding hydrogens is 441 g/mol. The van der Waals surface area contributed by atoms with E-state index in [-0.39, 0.29) is 5.69 Å². The van der Waals surface area contributed by atoms with Crippen LogP contribution in [0.25, 0.3) is 16.8 Å². The van der Waals surface area contributed by atoms with Gasteiger partial charge in [0.1, 0.15) is 17.7 Å². The molecule has 156 valence electrons. The Hall–Kier alpha value is -3.26. The van der Waals surface area contributed by atoms with E-state index in [1.807, 2.05) is 0 Å². The number of nitriles is 1. The van der Waals surface area contributed by atoms with Crippen molar-refractivity contribution in [2.45, 2.75) is 12.4 Å². The lowest BCUT2D eigenvalue weighted by Gasteiger charge is -2.12. The zero-order chi connectivity index (χ0) is 22.4. The van der Waals surface area contributed by atoms with Crippen LogP contribution in [0, 0.1) is 17.1 Å². The predicted octanol–water partition coefficient (Wildman–Crippen LogP) is 5.82. The van der Waals surface area contributed by atoms with E-state index in [9.17, 15) is 30.7 Å². The highest BCUT2D eigenvalue weighted by Gasteiger charge is 2.40. The van der Waals surface area contributed by atoms with Crippen molar-refractivity contribution in [3.8, 4) is 22.9 Å². The van der Waals surface area contributed by atoms with E-state index in [1.165, 1.54) is 6.07 Å². The highest BCUT2D eigenvalue weighted by Crippen LogP contribution is 2.43. The standard InChI is InChI=1S/C18H8ClF7N4/c19-11-4-8(3-10(6-11)17(21,22)23)14-15(18(24,25)26)29-30(16(14)28)12-1-2-13(20)9(5-12)7-27/h1-6H,28H2. The van der Waals surface area contributed by atoms with Gasteiger partial charge in [-0.2, -0.15) is 36.7 Å². The van der Waals surface area contributed by atoms with Crippen LogP contribution in [0.2, 0.25) is 5.02 Å². The van der Waals surface area contributed by atoms with Gasteiger partial charge in [0.15, 0.2) is 5.69 Å². The molecule has 4 nitrogen and oxygen atoms in total. The summed E-state index contributed by atoms with van der Waals surface area (Å²) in [4.78, 5) is 0. The van der Waals surface area contributed by atoms with Crippen LogP contribution in [0.4, 0.5) is 36.6 Å². The fourth-order valence-corrected chi connectivity index (χ4v) is 2.97. The molecule has 0 aliphatic heterocycles. The van der Waals surface area contributed by atoms with Crippen LogP contribution in [0.3, 0.4) is 0 Å². The first kappa shape index (κ1) is 21.4. The van der Waals surface area contributed by atoms with Crippen LogP contribution in [-0.4, -0.2) is 9.78 Å². The Labute approximate surface area is 168 Å². The number of nitrogen functional groups attached to an aromatic ring is 1. The monoisotopic (exact) mass is 448 g/mol. The van der Waals surface area contributed by atoms with Gasteiger partial charge in [-0.25, -0.2) is 9.07 Å². The van der Waals surface area contributed by atoms with Crippen molar-refractivity contribution in [2.75, 3.05) is 5.73 Å². The summed E-state index contributed by atoms with van der Waals surface area (Å²) in [5, 5.41) is 11.8.